The lowest BCUT2D eigenvalue weighted by Crippen LogP contribution is -2.50. The van der Waals surface area contributed by atoms with Crippen molar-refractivity contribution in [1.82, 2.24) is 4.90 Å². The quantitative estimate of drug-likeness (QED) is 0.656. The molecule has 6 heteroatoms. The summed E-state index contributed by atoms with van der Waals surface area (Å²) in [5.41, 5.74) is 6.64. The zero-order valence-corrected chi connectivity index (χ0v) is 14.5. The third-order valence-corrected chi connectivity index (χ3v) is 4.31. The summed E-state index contributed by atoms with van der Waals surface area (Å²) >= 11 is 0. The minimum Gasteiger partial charge on any atom is -0.466 e. The third-order valence-electron chi connectivity index (χ3n) is 4.31. The summed E-state index contributed by atoms with van der Waals surface area (Å²) in [5.74, 6) is -1.20. The Morgan fingerprint density at radius 2 is 1.96 bits per heavy atom. The lowest BCUT2D eigenvalue weighted by Gasteiger charge is -2.38. The molecule has 0 saturated carbocycles. The van der Waals surface area contributed by atoms with E-state index >= 15 is 0 Å². The largest absolute Gasteiger partial charge is 0.466 e. The normalized spacial score (nSPS) is 21.5. The van der Waals surface area contributed by atoms with E-state index in [4.69, 9.17) is 15.2 Å². The fourth-order valence-corrected chi connectivity index (χ4v) is 2.87. The monoisotopic (exact) mass is 334 g/mol. The fourth-order valence-electron chi connectivity index (χ4n) is 2.87. The van der Waals surface area contributed by atoms with Crippen molar-refractivity contribution in [1.29, 1.82) is 0 Å². The summed E-state index contributed by atoms with van der Waals surface area (Å²) < 4.78 is 10.8. The number of ether oxygens (including phenoxy) is 2. The highest BCUT2D eigenvalue weighted by molar-refractivity contribution is 5.90. The molecule has 132 valence electrons. The molecule has 0 bridgehead atoms. The van der Waals surface area contributed by atoms with Crippen LogP contribution in [0.15, 0.2) is 24.3 Å². The van der Waals surface area contributed by atoms with Gasteiger partial charge in [-0.3, -0.25) is 9.69 Å². The number of esters is 2. The second-order valence-electron chi connectivity index (χ2n) is 6.30. The first-order chi connectivity index (χ1) is 11.4. The topological polar surface area (TPSA) is 81.9 Å². The zero-order chi connectivity index (χ0) is 17.7. The first kappa shape index (κ1) is 18.3. The Morgan fingerprint density at radius 3 is 2.54 bits per heavy atom. The van der Waals surface area contributed by atoms with Gasteiger partial charge in [0.25, 0.3) is 0 Å². The summed E-state index contributed by atoms with van der Waals surface area (Å²) in [6.45, 7) is 7.58. The van der Waals surface area contributed by atoms with E-state index in [1.165, 1.54) is 0 Å². The first-order valence-corrected chi connectivity index (χ1v) is 8.39. The van der Waals surface area contributed by atoms with Crippen molar-refractivity contribution in [3.05, 3.63) is 29.8 Å². The van der Waals surface area contributed by atoms with Gasteiger partial charge in [0.05, 0.1) is 12.2 Å². The van der Waals surface area contributed by atoms with E-state index in [9.17, 15) is 9.59 Å². The summed E-state index contributed by atoms with van der Waals surface area (Å²) in [6, 6.07) is 6.89. The maximum Gasteiger partial charge on any atom is 0.338 e. The number of nitrogens with zero attached hydrogens (tertiary/aromatic N) is 1. The van der Waals surface area contributed by atoms with E-state index in [1.54, 1.807) is 31.2 Å². The molecule has 24 heavy (non-hydrogen) atoms. The van der Waals surface area contributed by atoms with Crippen LogP contribution in [0.4, 0.5) is 5.69 Å². The van der Waals surface area contributed by atoms with Crippen LogP contribution in [-0.2, 0) is 14.3 Å². The Hall–Kier alpha value is -2.08. The van der Waals surface area contributed by atoms with Crippen LogP contribution >= 0.6 is 0 Å². The molecule has 2 rings (SSSR count). The van der Waals surface area contributed by atoms with Gasteiger partial charge >= 0.3 is 11.9 Å². The van der Waals surface area contributed by atoms with Crippen molar-refractivity contribution >= 4 is 17.6 Å². The smallest absolute Gasteiger partial charge is 0.338 e. The van der Waals surface area contributed by atoms with Gasteiger partial charge in [-0.1, -0.05) is 0 Å². The van der Waals surface area contributed by atoms with Crippen molar-refractivity contribution in [2.24, 2.45) is 5.92 Å². The number of rotatable bonds is 5. The minimum atomic E-state index is -0.468. The predicted octanol–water partition coefficient (Wildman–Crippen LogP) is 2.09. The predicted molar refractivity (Wildman–Crippen MR) is 91.5 cm³/mol. The van der Waals surface area contributed by atoms with E-state index in [-0.39, 0.29) is 5.97 Å². The number of carbonyl (C=O) groups excluding carboxylic acids is 2. The van der Waals surface area contributed by atoms with Gasteiger partial charge in [0.1, 0.15) is 12.0 Å². The molecule has 2 atom stereocenters. The molecule has 1 aliphatic rings. The summed E-state index contributed by atoms with van der Waals surface area (Å²) in [7, 11) is 0. The van der Waals surface area contributed by atoms with Gasteiger partial charge in [0.15, 0.2) is 0 Å². The van der Waals surface area contributed by atoms with Gasteiger partial charge in [-0.15, -0.1) is 0 Å². The molecule has 1 saturated heterocycles. The van der Waals surface area contributed by atoms with Crippen LogP contribution in [0.1, 0.15) is 37.6 Å². The van der Waals surface area contributed by atoms with Gasteiger partial charge in [-0.05, 0) is 51.5 Å². The fraction of sp³-hybridized carbons (Fsp3) is 0.556. The van der Waals surface area contributed by atoms with E-state index in [0.29, 0.717) is 36.9 Å². The molecule has 0 aliphatic carbocycles. The van der Waals surface area contributed by atoms with Gasteiger partial charge in [0.2, 0.25) is 0 Å². The van der Waals surface area contributed by atoms with Crippen LogP contribution in [0.3, 0.4) is 0 Å². The maximum absolute atomic E-state index is 12.3. The van der Waals surface area contributed by atoms with E-state index in [1.807, 2.05) is 0 Å². The number of likely N-dealkylation sites (tertiary alicyclic amines) is 1. The van der Waals surface area contributed by atoms with Crippen molar-refractivity contribution in [3.63, 3.8) is 0 Å². The highest BCUT2D eigenvalue weighted by Crippen LogP contribution is 2.24. The van der Waals surface area contributed by atoms with E-state index in [0.717, 1.165) is 6.54 Å². The summed E-state index contributed by atoms with van der Waals surface area (Å²) in [5, 5.41) is 0. The number of hydrogen-bond donors (Lipinski definition) is 1. The maximum atomic E-state index is 12.3. The second-order valence-corrected chi connectivity index (χ2v) is 6.30. The molecular weight excluding hydrogens is 308 g/mol. The average Bonchev–Trinajstić information content (AvgIpc) is 2.55. The molecule has 0 spiro atoms. The molecule has 1 aromatic carbocycles. The summed E-state index contributed by atoms with van der Waals surface area (Å²) in [4.78, 5) is 26.8. The van der Waals surface area contributed by atoms with Crippen molar-refractivity contribution < 1.29 is 19.1 Å². The van der Waals surface area contributed by atoms with Crippen LogP contribution in [0.5, 0.6) is 0 Å². The van der Waals surface area contributed by atoms with Gasteiger partial charge in [0, 0.05) is 24.8 Å². The Balaban J connectivity index is 2.09. The number of nitrogens with two attached hydrogens (primary N) is 1. The molecule has 0 aromatic heterocycles. The molecule has 1 aliphatic heterocycles. The molecule has 0 radical (unpaired) electrons. The number of benzene rings is 1. The van der Waals surface area contributed by atoms with Gasteiger partial charge in [-0.2, -0.15) is 0 Å². The van der Waals surface area contributed by atoms with Crippen LogP contribution < -0.4 is 5.73 Å². The van der Waals surface area contributed by atoms with Crippen molar-refractivity contribution in [2.45, 2.75) is 39.3 Å². The number of carbonyl (C=O) groups is 2. The highest BCUT2D eigenvalue weighted by atomic mass is 16.6. The van der Waals surface area contributed by atoms with Crippen LogP contribution in [0.25, 0.3) is 0 Å². The highest BCUT2D eigenvalue weighted by Gasteiger charge is 2.38. The Morgan fingerprint density at radius 1 is 1.29 bits per heavy atom. The lowest BCUT2D eigenvalue weighted by molar-refractivity contribution is -0.155. The van der Waals surface area contributed by atoms with Crippen LogP contribution in [0, 0.1) is 5.92 Å². The lowest BCUT2D eigenvalue weighted by atomic mass is 9.93. The SMILES string of the molecule is CCOC(=O)C1CN(C(C)C)CCC1OC(=O)c1ccc(N)cc1. The van der Waals surface area contributed by atoms with Gasteiger partial charge < -0.3 is 15.2 Å². The molecule has 2 unspecified atom stereocenters. The van der Waals surface area contributed by atoms with E-state index in [2.05, 4.69) is 18.7 Å². The molecular formula is C18H26N2O4. The minimum absolute atomic E-state index is 0.307. The average molecular weight is 334 g/mol. The Labute approximate surface area is 142 Å². The Bertz CT molecular complexity index is 571. The van der Waals surface area contributed by atoms with E-state index < -0.39 is 18.0 Å². The molecule has 1 heterocycles. The zero-order valence-electron chi connectivity index (χ0n) is 14.5. The number of nitrogen functional groups attached to an aromatic ring is 1. The first-order valence-electron chi connectivity index (χ1n) is 8.39. The van der Waals surface area contributed by atoms with Crippen LogP contribution in [0.2, 0.25) is 0 Å². The van der Waals surface area contributed by atoms with Gasteiger partial charge in [-0.25, -0.2) is 4.79 Å². The number of hydrogen-bond acceptors (Lipinski definition) is 6. The second kappa shape index (κ2) is 8.15. The molecule has 0 amide bonds. The van der Waals surface area contributed by atoms with Crippen LogP contribution in [-0.4, -0.2) is 48.7 Å². The summed E-state index contributed by atoms with van der Waals surface area (Å²) in [6.07, 6.45) is 0.145. The third kappa shape index (κ3) is 4.47. The Kier molecular flexibility index (Phi) is 6.20. The molecule has 6 nitrogen and oxygen atoms in total. The molecule has 1 aromatic rings. The number of anilines is 1. The molecule has 2 N–H and O–H groups in total. The molecule has 1 fully saturated rings. The van der Waals surface area contributed by atoms with Crippen molar-refractivity contribution in [3.8, 4) is 0 Å². The standard InChI is InChI=1S/C18H26N2O4/c1-4-23-18(22)15-11-20(12(2)3)10-9-16(15)24-17(21)13-5-7-14(19)8-6-13/h5-8,12,15-16H,4,9-11,19H2,1-3H3. The van der Waals surface area contributed by atoms with Crippen molar-refractivity contribution in [2.75, 3.05) is 25.4 Å². The number of piperidine rings is 1.